The molecule has 0 saturated heterocycles. The first-order valence-corrected chi connectivity index (χ1v) is 8.25. The van der Waals surface area contributed by atoms with Crippen molar-refractivity contribution in [1.29, 1.82) is 0 Å². The minimum Gasteiger partial charge on any atom is -0.454 e. The van der Waals surface area contributed by atoms with Gasteiger partial charge in [0.15, 0.2) is 12.4 Å². The van der Waals surface area contributed by atoms with Crippen LogP contribution < -0.4 is 0 Å². The summed E-state index contributed by atoms with van der Waals surface area (Å²) in [6, 6.07) is 4.77. The Morgan fingerprint density at radius 3 is 2.50 bits per heavy atom. The molecule has 5 nitrogen and oxygen atoms in total. The van der Waals surface area contributed by atoms with Gasteiger partial charge in [0.05, 0.1) is 16.3 Å². The molecule has 0 fully saturated rings. The predicted octanol–water partition coefficient (Wildman–Crippen LogP) is 4.29. The minimum atomic E-state index is -0.692. The van der Waals surface area contributed by atoms with E-state index in [1.807, 2.05) is 0 Å². The van der Waals surface area contributed by atoms with Crippen molar-refractivity contribution in [3.8, 4) is 0 Å². The van der Waals surface area contributed by atoms with Crippen LogP contribution in [-0.2, 0) is 4.74 Å². The molecule has 0 unspecified atom stereocenters. The van der Waals surface area contributed by atoms with Gasteiger partial charge >= 0.3 is 5.97 Å². The number of esters is 1. The van der Waals surface area contributed by atoms with Gasteiger partial charge in [-0.2, -0.15) is 0 Å². The van der Waals surface area contributed by atoms with Gasteiger partial charge in [-0.3, -0.25) is 9.59 Å². The van der Waals surface area contributed by atoms with Gasteiger partial charge in [0.1, 0.15) is 0 Å². The van der Waals surface area contributed by atoms with Crippen molar-refractivity contribution < 1.29 is 19.1 Å². The molecule has 2 rings (SSSR count). The molecule has 2 aromatic rings. The van der Waals surface area contributed by atoms with E-state index in [1.54, 1.807) is 26.0 Å². The molecule has 1 heterocycles. The lowest BCUT2D eigenvalue weighted by Crippen LogP contribution is -2.16. The number of halogens is 2. The van der Waals surface area contributed by atoms with Crippen molar-refractivity contribution in [2.45, 2.75) is 20.8 Å². The maximum Gasteiger partial charge on any atom is 0.340 e. The Morgan fingerprint density at radius 2 is 1.92 bits per heavy atom. The molecule has 0 aliphatic heterocycles. The second-order valence-corrected chi connectivity index (χ2v) is 6.63. The third kappa shape index (κ3) is 3.76. The second-order valence-electron chi connectivity index (χ2n) is 5.30. The first-order valence-electron chi connectivity index (χ1n) is 7.07. The van der Waals surface area contributed by atoms with Gasteiger partial charge < -0.3 is 9.72 Å². The van der Waals surface area contributed by atoms with Crippen molar-refractivity contribution in [3.05, 3.63) is 55.8 Å². The van der Waals surface area contributed by atoms with Crippen molar-refractivity contribution in [3.63, 3.8) is 0 Å². The quantitative estimate of drug-likeness (QED) is 0.587. The zero-order chi connectivity index (χ0) is 18.0. The fraction of sp³-hybridized carbons (Fsp3) is 0.235. The smallest absolute Gasteiger partial charge is 0.340 e. The number of H-pyrrole nitrogens is 1. The van der Waals surface area contributed by atoms with Crippen molar-refractivity contribution in [1.82, 2.24) is 4.98 Å². The number of carbonyl (C=O) groups excluding carboxylic acids is 3. The van der Waals surface area contributed by atoms with E-state index < -0.39 is 18.4 Å². The van der Waals surface area contributed by atoms with E-state index >= 15 is 0 Å². The Hall–Kier alpha value is -1.92. The maximum absolute atomic E-state index is 12.3. The highest BCUT2D eigenvalue weighted by atomic mass is 79.9. The number of hydrogen-bond donors (Lipinski definition) is 1. The SMILES string of the molecule is CC(=O)c1c(C)[nH]c(C(=O)COC(=O)c2cc(Br)ccc2Cl)c1C. The summed E-state index contributed by atoms with van der Waals surface area (Å²) in [5, 5.41) is 0.237. The zero-order valence-corrected chi connectivity index (χ0v) is 15.7. The molecule has 0 saturated carbocycles. The molecule has 7 heteroatoms. The lowest BCUT2D eigenvalue weighted by molar-refractivity contribution is 0.0473. The highest BCUT2D eigenvalue weighted by molar-refractivity contribution is 9.10. The maximum atomic E-state index is 12.3. The highest BCUT2D eigenvalue weighted by Gasteiger charge is 2.21. The van der Waals surface area contributed by atoms with E-state index in [4.69, 9.17) is 16.3 Å². The summed E-state index contributed by atoms with van der Waals surface area (Å²) in [4.78, 5) is 38.8. The van der Waals surface area contributed by atoms with Crippen LogP contribution in [0.5, 0.6) is 0 Å². The van der Waals surface area contributed by atoms with Crippen LogP contribution in [0.15, 0.2) is 22.7 Å². The Morgan fingerprint density at radius 1 is 1.25 bits per heavy atom. The van der Waals surface area contributed by atoms with Crippen LogP contribution in [0, 0.1) is 13.8 Å². The summed E-state index contributed by atoms with van der Waals surface area (Å²) in [6.45, 7) is 4.39. The molecule has 0 aliphatic carbocycles. The lowest BCUT2D eigenvalue weighted by Gasteiger charge is -2.06. The van der Waals surface area contributed by atoms with Gasteiger partial charge in [-0.15, -0.1) is 0 Å². The number of aromatic amines is 1. The molecule has 126 valence electrons. The van der Waals surface area contributed by atoms with Gasteiger partial charge in [-0.1, -0.05) is 27.5 Å². The number of hydrogen-bond acceptors (Lipinski definition) is 4. The Kier molecular flexibility index (Phi) is 5.62. The van der Waals surface area contributed by atoms with E-state index in [2.05, 4.69) is 20.9 Å². The number of carbonyl (C=O) groups is 3. The van der Waals surface area contributed by atoms with Gasteiger partial charge in [-0.25, -0.2) is 4.79 Å². The van der Waals surface area contributed by atoms with Gasteiger partial charge in [-0.05, 0) is 44.5 Å². The largest absolute Gasteiger partial charge is 0.454 e. The molecule has 0 atom stereocenters. The lowest BCUT2D eigenvalue weighted by atomic mass is 10.1. The average molecular weight is 413 g/mol. The van der Waals surface area contributed by atoms with Crippen LogP contribution in [0.25, 0.3) is 0 Å². The van der Waals surface area contributed by atoms with Crippen LogP contribution in [0.3, 0.4) is 0 Å². The highest BCUT2D eigenvalue weighted by Crippen LogP contribution is 2.22. The second kappa shape index (κ2) is 7.32. The topological polar surface area (TPSA) is 76.2 Å². The standard InChI is InChI=1S/C17H15BrClNO4/c1-8-15(10(3)21)9(2)20-16(8)14(22)7-24-17(23)12-6-11(18)4-5-13(12)19/h4-6,20H,7H2,1-3H3. The molecule has 0 bridgehead atoms. The van der Waals surface area contributed by atoms with Gasteiger partial charge in [0.2, 0.25) is 5.78 Å². The molecule has 1 aromatic carbocycles. The summed E-state index contributed by atoms with van der Waals surface area (Å²) in [5.41, 5.74) is 2.10. The Labute approximate surface area is 152 Å². The summed E-state index contributed by atoms with van der Waals surface area (Å²) in [6.07, 6.45) is 0. The van der Waals surface area contributed by atoms with Crippen LogP contribution in [0.2, 0.25) is 5.02 Å². The fourth-order valence-corrected chi connectivity index (χ4v) is 3.05. The third-order valence-electron chi connectivity index (χ3n) is 3.55. The number of nitrogens with one attached hydrogen (secondary N) is 1. The van der Waals surface area contributed by atoms with E-state index in [1.165, 1.54) is 13.0 Å². The van der Waals surface area contributed by atoms with Crippen LogP contribution >= 0.6 is 27.5 Å². The first-order chi connectivity index (χ1) is 11.2. The van der Waals surface area contributed by atoms with E-state index in [-0.39, 0.29) is 22.1 Å². The van der Waals surface area contributed by atoms with Gasteiger partial charge in [0.25, 0.3) is 0 Å². The number of aromatic nitrogens is 1. The number of aryl methyl sites for hydroxylation is 1. The summed E-state index contributed by atoms with van der Waals surface area (Å²) >= 11 is 9.20. The van der Waals surface area contributed by atoms with Crippen LogP contribution in [0.4, 0.5) is 0 Å². The molecular formula is C17H15BrClNO4. The van der Waals surface area contributed by atoms with Crippen molar-refractivity contribution in [2.24, 2.45) is 0 Å². The minimum absolute atomic E-state index is 0.127. The number of ether oxygens (including phenoxy) is 1. The van der Waals surface area contributed by atoms with Gasteiger partial charge in [0, 0.05) is 15.7 Å². The Balaban J connectivity index is 2.14. The normalized spacial score (nSPS) is 10.5. The zero-order valence-electron chi connectivity index (χ0n) is 13.3. The summed E-state index contributed by atoms with van der Waals surface area (Å²) < 4.78 is 5.72. The first kappa shape index (κ1) is 18.4. The van der Waals surface area contributed by atoms with Crippen LogP contribution in [-0.4, -0.2) is 29.1 Å². The van der Waals surface area contributed by atoms with E-state index in [9.17, 15) is 14.4 Å². The number of benzene rings is 1. The molecule has 0 aliphatic rings. The molecule has 24 heavy (non-hydrogen) atoms. The molecule has 1 N–H and O–H groups in total. The average Bonchev–Trinajstić information content (AvgIpc) is 2.81. The molecular weight excluding hydrogens is 398 g/mol. The molecule has 0 radical (unpaired) electrons. The van der Waals surface area contributed by atoms with Crippen molar-refractivity contribution in [2.75, 3.05) is 6.61 Å². The summed E-state index contributed by atoms with van der Waals surface area (Å²) in [7, 11) is 0. The molecule has 1 aromatic heterocycles. The monoisotopic (exact) mass is 411 g/mol. The number of ketones is 2. The van der Waals surface area contributed by atoms with Crippen LogP contribution in [0.1, 0.15) is 49.4 Å². The third-order valence-corrected chi connectivity index (χ3v) is 4.37. The van der Waals surface area contributed by atoms with E-state index in [0.29, 0.717) is 21.3 Å². The predicted molar refractivity (Wildman–Crippen MR) is 94.0 cm³/mol. The molecule has 0 spiro atoms. The molecule has 0 amide bonds. The number of Topliss-reactive ketones (excluding diaryl/α,β-unsaturated/α-hetero) is 2. The van der Waals surface area contributed by atoms with E-state index in [0.717, 1.165) is 0 Å². The Bertz CT molecular complexity index is 841. The van der Waals surface area contributed by atoms with Crippen molar-refractivity contribution >= 4 is 45.1 Å². The fourth-order valence-electron chi connectivity index (χ4n) is 2.49. The number of rotatable bonds is 5. The summed E-state index contributed by atoms with van der Waals surface area (Å²) in [5.74, 6) is -1.23.